The molecule has 0 bridgehead atoms. The molecule has 0 aliphatic rings. The van der Waals surface area contributed by atoms with Gasteiger partial charge in [0.2, 0.25) is 5.91 Å². The van der Waals surface area contributed by atoms with Crippen molar-refractivity contribution in [1.82, 2.24) is 5.32 Å². The van der Waals surface area contributed by atoms with Crippen LogP contribution in [0.2, 0.25) is 0 Å². The van der Waals surface area contributed by atoms with Crippen molar-refractivity contribution < 1.29 is 29.0 Å². The first-order valence-electron chi connectivity index (χ1n) is 6.06. The Labute approximate surface area is 117 Å². The lowest BCUT2D eigenvalue weighted by Gasteiger charge is -2.24. The van der Waals surface area contributed by atoms with Crippen LogP contribution in [0.5, 0.6) is 0 Å². The first-order chi connectivity index (χ1) is 9.06. The lowest BCUT2D eigenvalue weighted by atomic mass is 10.1. The maximum Gasteiger partial charge on any atom is 0.330 e. The van der Waals surface area contributed by atoms with Crippen LogP contribution in [0, 0.1) is 0 Å². The Morgan fingerprint density at radius 2 is 1.85 bits per heavy atom. The summed E-state index contributed by atoms with van der Waals surface area (Å²) in [4.78, 5) is 33.7. The van der Waals surface area contributed by atoms with E-state index < -0.39 is 42.0 Å². The predicted octanol–water partition coefficient (Wildman–Crippen LogP) is -0.739. The number of nitrogens with one attached hydrogen (secondary N) is 1. The van der Waals surface area contributed by atoms with E-state index >= 15 is 0 Å². The fourth-order valence-electron chi connectivity index (χ4n) is 1.20. The monoisotopic (exact) mass is 290 g/mol. The number of rotatable bonds is 7. The van der Waals surface area contributed by atoms with Gasteiger partial charge in [-0.1, -0.05) is 0 Å². The standard InChI is InChI=1S/C12H22N2O6/c1-12(2,3)20-6-8(11(18)19-4)14-10(17)7(13)5-9(15)16/h7-8H,5-6,13H2,1-4H3,(H,14,17)(H,15,16)/t7-,8-/m1/s1. The summed E-state index contributed by atoms with van der Waals surface area (Å²) in [5, 5.41) is 10.9. The number of nitrogens with two attached hydrogens (primary N) is 1. The fourth-order valence-corrected chi connectivity index (χ4v) is 1.20. The van der Waals surface area contributed by atoms with Crippen LogP contribution in [-0.2, 0) is 23.9 Å². The highest BCUT2D eigenvalue weighted by atomic mass is 16.5. The van der Waals surface area contributed by atoms with Gasteiger partial charge in [0, 0.05) is 0 Å². The van der Waals surface area contributed by atoms with Crippen molar-refractivity contribution in [2.75, 3.05) is 13.7 Å². The third kappa shape index (κ3) is 7.70. The largest absolute Gasteiger partial charge is 0.481 e. The number of esters is 1. The number of carboxylic acids is 1. The molecule has 0 aliphatic heterocycles. The molecule has 0 aromatic rings. The number of hydrogen-bond donors (Lipinski definition) is 3. The molecule has 0 rings (SSSR count). The molecule has 1 amide bonds. The highest BCUT2D eigenvalue weighted by Crippen LogP contribution is 2.07. The van der Waals surface area contributed by atoms with Crippen LogP contribution >= 0.6 is 0 Å². The molecule has 2 atom stereocenters. The number of amides is 1. The summed E-state index contributed by atoms with van der Waals surface area (Å²) in [5.74, 6) is -2.64. The average molecular weight is 290 g/mol. The second-order valence-electron chi connectivity index (χ2n) is 5.21. The first-order valence-corrected chi connectivity index (χ1v) is 6.06. The van der Waals surface area contributed by atoms with Gasteiger partial charge < -0.3 is 25.6 Å². The second-order valence-corrected chi connectivity index (χ2v) is 5.21. The van der Waals surface area contributed by atoms with Gasteiger partial charge >= 0.3 is 11.9 Å². The van der Waals surface area contributed by atoms with Gasteiger partial charge in [-0.05, 0) is 20.8 Å². The Bertz CT molecular complexity index is 363. The SMILES string of the molecule is COC(=O)[C@@H](COC(C)(C)C)NC(=O)[C@H](N)CC(=O)O. The molecule has 0 unspecified atom stereocenters. The van der Waals surface area contributed by atoms with Crippen LogP contribution in [0.3, 0.4) is 0 Å². The lowest BCUT2D eigenvalue weighted by molar-refractivity contribution is -0.148. The van der Waals surface area contributed by atoms with E-state index in [2.05, 4.69) is 10.1 Å². The lowest BCUT2D eigenvalue weighted by Crippen LogP contribution is -2.51. The molecule has 0 aliphatic carbocycles. The van der Waals surface area contributed by atoms with Crippen molar-refractivity contribution in [3.63, 3.8) is 0 Å². The number of carbonyl (C=O) groups excluding carboxylic acids is 2. The molecule has 20 heavy (non-hydrogen) atoms. The molecule has 0 fully saturated rings. The van der Waals surface area contributed by atoms with E-state index in [4.69, 9.17) is 15.6 Å². The van der Waals surface area contributed by atoms with Crippen molar-refractivity contribution in [2.24, 2.45) is 5.73 Å². The summed E-state index contributed by atoms with van der Waals surface area (Å²) >= 11 is 0. The zero-order valence-corrected chi connectivity index (χ0v) is 12.1. The van der Waals surface area contributed by atoms with Crippen molar-refractivity contribution in [3.8, 4) is 0 Å². The number of carbonyl (C=O) groups is 3. The number of carboxylic acid groups (broad SMARTS) is 1. The van der Waals surface area contributed by atoms with Crippen molar-refractivity contribution in [1.29, 1.82) is 0 Å². The normalized spacial score (nSPS) is 14.2. The minimum atomic E-state index is -1.24. The van der Waals surface area contributed by atoms with E-state index in [1.54, 1.807) is 20.8 Å². The molecule has 4 N–H and O–H groups in total. The minimum absolute atomic E-state index is 0.0955. The number of methoxy groups -OCH3 is 1. The smallest absolute Gasteiger partial charge is 0.330 e. The molecule has 0 aromatic carbocycles. The maximum absolute atomic E-state index is 11.7. The van der Waals surface area contributed by atoms with Gasteiger partial charge in [0.05, 0.1) is 31.8 Å². The second kappa shape index (κ2) is 7.81. The van der Waals surface area contributed by atoms with Crippen LogP contribution in [0.15, 0.2) is 0 Å². The van der Waals surface area contributed by atoms with Crippen LogP contribution < -0.4 is 11.1 Å². The third-order valence-electron chi connectivity index (χ3n) is 2.22. The molecule has 8 nitrogen and oxygen atoms in total. The minimum Gasteiger partial charge on any atom is -0.481 e. The zero-order chi connectivity index (χ0) is 15.9. The summed E-state index contributed by atoms with van der Waals surface area (Å²) in [7, 11) is 1.18. The highest BCUT2D eigenvalue weighted by molar-refractivity contribution is 5.89. The Hall–Kier alpha value is -1.67. The van der Waals surface area contributed by atoms with E-state index in [0.717, 1.165) is 0 Å². The molecule has 8 heteroatoms. The molecule has 0 heterocycles. The van der Waals surface area contributed by atoms with Crippen LogP contribution in [0.1, 0.15) is 27.2 Å². The van der Waals surface area contributed by atoms with Gasteiger partial charge in [-0.2, -0.15) is 0 Å². The van der Waals surface area contributed by atoms with Crippen molar-refractivity contribution in [2.45, 2.75) is 44.9 Å². The predicted molar refractivity (Wildman–Crippen MR) is 69.9 cm³/mol. The average Bonchev–Trinajstić information content (AvgIpc) is 2.31. The molecular weight excluding hydrogens is 268 g/mol. The van der Waals surface area contributed by atoms with E-state index in [9.17, 15) is 14.4 Å². The number of aliphatic carboxylic acids is 1. The van der Waals surface area contributed by atoms with Crippen molar-refractivity contribution in [3.05, 3.63) is 0 Å². The van der Waals surface area contributed by atoms with E-state index in [1.807, 2.05) is 0 Å². The van der Waals surface area contributed by atoms with Crippen molar-refractivity contribution >= 4 is 17.8 Å². The summed E-state index contributed by atoms with van der Waals surface area (Å²) in [5.41, 5.74) is 4.90. The van der Waals surface area contributed by atoms with Gasteiger partial charge in [-0.25, -0.2) is 4.79 Å². The Balaban J connectivity index is 4.61. The fraction of sp³-hybridized carbons (Fsp3) is 0.750. The van der Waals surface area contributed by atoms with Gasteiger partial charge in [0.1, 0.15) is 0 Å². The van der Waals surface area contributed by atoms with Gasteiger partial charge in [0.15, 0.2) is 6.04 Å². The summed E-state index contributed by atoms with van der Waals surface area (Å²) < 4.78 is 9.95. The van der Waals surface area contributed by atoms with E-state index in [-0.39, 0.29) is 6.61 Å². The van der Waals surface area contributed by atoms with E-state index in [0.29, 0.717) is 0 Å². The van der Waals surface area contributed by atoms with Crippen LogP contribution in [0.25, 0.3) is 0 Å². The maximum atomic E-state index is 11.7. The zero-order valence-electron chi connectivity index (χ0n) is 12.1. The van der Waals surface area contributed by atoms with E-state index in [1.165, 1.54) is 7.11 Å². The molecule has 0 aromatic heterocycles. The van der Waals surface area contributed by atoms with Gasteiger partial charge in [-0.15, -0.1) is 0 Å². The molecule has 0 radical (unpaired) electrons. The Morgan fingerprint density at radius 1 is 1.30 bits per heavy atom. The quantitative estimate of drug-likeness (QED) is 0.527. The Kier molecular flexibility index (Phi) is 7.16. The molecule has 0 spiro atoms. The first kappa shape index (κ1) is 18.3. The topological polar surface area (TPSA) is 128 Å². The number of ether oxygens (including phenoxy) is 2. The summed E-state index contributed by atoms with van der Waals surface area (Å²) in [6.07, 6.45) is -0.528. The van der Waals surface area contributed by atoms with Gasteiger partial charge in [0.25, 0.3) is 0 Å². The Morgan fingerprint density at radius 3 is 2.25 bits per heavy atom. The molecule has 0 saturated heterocycles. The highest BCUT2D eigenvalue weighted by Gasteiger charge is 2.27. The third-order valence-corrected chi connectivity index (χ3v) is 2.22. The number of hydrogen-bond acceptors (Lipinski definition) is 6. The summed E-state index contributed by atoms with van der Waals surface area (Å²) in [6.45, 7) is 5.28. The molecule has 0 saturated carbocycles. The van der Waals surface area contributed by atoms with Crippen LogP contribution in [0.4, 0.5) is 0 Å². The van der Waals surface area contributed by atoms with Crippen LogP contribution in [-0.4, -0.2) is 54.4 Å². The molecule has 116 valence electrons. The van der Waals surface area contributed by atoms with Gasteiger partial charge in [-0.3, -0.25) is 9.59 Å². The summed E-state index contributed by atoms with van der Waals surface area (Å²) in [6, 6.07) is -2.28. The molecular formula is C12H22N2O6.